The molecule has 0 bridgehead atoms. The number of ether oxygens (including phenoxy) is 13. The molecule has 0 aliphatic heterocycles. The fraction of sp³-hybridized carbons (Fsp3) is 0.743. The number of rotatable bonds is 89. The van der Waals surface area contributed by atoms with Gasteiger partial charge in [0, 0.05) is 49.4 Å². The zero-order valence-corrected chi connectivity index (χ0v) is 81.5. The van der Waals surface area contributed by atoms with Crippen molar-refractivity contribution in [1.29, 1.82) is 0 Å². The SMILES string of the molecule is O=C(CCCO[N+](=O)[O-])NC(CSC(=O)CCCO[N+](=O)[O-])C(=O)OCCCCO[N+](=O)[O-].O=C(CCCO[N+](=O)[O-])NC(CSC(=O)CCCO[N+](=O)[O-])C(=O)OCCOCCO[N+](=O)[O-].O=C(NC(CSC(=O)OCCCCO[N+](=O)[O-])C(=O)OCCCCO[N+](=O)[O-])OCCCCO[N+](=O)[O-].O=C(NC(Cc1ccc(OC(=O)OCCOCCO[N+](=O)[O-])cc1)C(=O)OCCOCCO[N+](=O)[O-])OCCOCCO[N+](=O)[O-]. The lowest BCUT2D eigenvalue weighted by Crippen LogP contribution is -2.44. The molecule has 0 saturated carbocycles. The van der Waals surface area contributed by atoms with E-state index in [1.54, 1.807) is 0 Å². The van der Waals surface area contributed by atoms with E-state index in [2.05, 4.69) is 79.3 Å². The molecule has 0 radical (unpaired) electrons. The Balaban J connectivity index is -0.00000194. The summed E-state index contributed by atoms with van der Waals surface area (Å²) in [7, 11) is 0. The second-order valence-corrected chi connectivity index (χ2v) is 29.9. The van der Waals surface area contributed by atoms with Crippen molar-refractivity contribution in [3.8, 4) is 5.75 Å². The first-order valence-corrected chi connectivity index (χ1v) is 46.1. The van der Waals surface area contributed by atoms with Gasteiger partial charge in [0.1, 0.15) is 82.8 Å². The molecule has 1 aromatic carbocycles. The molecule has 0 spiro atoms. The number of hydrogen-bond acceptors (Lipinski definition) is 64. The Morgan fingerprint density at radius 2 is 0.473 bits per heavy atom. The summed E-state index contributed by atoms with van der Waals surface area (Å²) in [6, 6.07) is 0.742. The summed E-state index contributed by atoms with van der Waals surface area (Å²) in [4.78, 5) is 315. The van der Waals surface area contributed by atoms with E-state index in [0.717, 1.165) is 0 Å². The fourth-order valence-corrected chi connectivity index (χ4v) is 11.5. The Bertz CT molecular complexity index is 4220. The van der Waals surface area contributed by atoms with E-state index in [1.165, 1.54) is 24.3 Å². The summed E-state index contributed by atoms with van der Waals surface area (Å²) >= 11 is 1.97. The Kier molecular flexibility index (Phi) is 85.4. The summed E-state index contributed by atoms with van der Waals surface area (Å²) in [5, 5.41) is 117. The Morgan fingerprint density at radius 1 is 0.240 bits per heavy atom. The van der Waals surface area contributed by atoms with Crippen LogP contribution in [0.4, 0.5) is 19.2 Å². The molecule has 1 aromatic rings. The monoisotopic (exact) mass is 2240 g/mol. The minimum Gasteiger partial charge on any atom is -0.464 e. The molecule has 4 atom stereocenters. The van der Waals surface area contributed by atoms with Crippen molar-refractivity contribution < 1.29 is 238 Å². The number of esters is 4. The van der Waals surface area contributed by atoms with Crippen LogP contribution in [0.5, 0.6) is 5.75 Å². The maximum atomic E-state index is 12.7. The minimum atomic E-state index is -1.31. The summed E-state index contributed by atoms with van der Waals surface area (Å²) < 4.78 is 64.7. The number of hydrogen-bond donors (Lipinski definition) is 4. The molecule has 4 unspecified atom stereocenters. The van der Waals surface area contributed by atoms with Gasteiger partial charge in [0.05, 0.1) is 132 Å². The van der Waals surface area contributed by atoms with Gasteiger partial charge in [-0.15, -0.1) is 121 Å². The third kappa shape index (κ3) is 96.7. The van der Waals surface area contributed by atoms with Gasteiger partial charge in [0.2, 0.25) is 11.8 Å². The fourth-order valence-electron chi connectivity index (χ4n) is 9.11. The first-order chi connectivity index (χ1) is 71.4. The van der Waals surface area contributed by atoms with Gasteiger partial charge in [0.25, 0.3) is 61.0 Å². The number of unbranched alkanes of at least 4 members (excludes halogenated alkanes) is 4. The van der Waals surface area contributed by atoms with Crippen LogP contribution in [0.25, 0.3) is 0 Å². The Morgan fingerprint density at radius 3 is 0.800 bits per heavy atom. The predicted molar refractivity (Wildman–Crippen MR) is 478 cm³/mol. The van der Waals surface area contributed by atoms with Crippen LogP contribution in [-0.2, 0) is 160 Å². The zero-order chi connectivity index (χ0) is 113. The smallest absolute Gasteiger partial charge is 0.464 e. The lowest BCUT2D eigenvalue weighted by atomic mass is 10.1. The van der Waals surface area contributed by atoms with Crippen LogP contribution in [-0.4, -0.2) is 357 Å². The summed E-state index contributed by atoms with van der Waals surface area (Å²) in [6.07, 6.45) is -1.53. The Labute approximate surface area is 853 Å². The molecular weight excluding hydrogens is 2140 g/mol. The Hall–Kier alpha value is -16.0. The second kappa shape index (κ2) is 92.8. The largest absolute Gasteiger partial charge is 0.513 e. The minimum absolute atomic E-state index is 0.00282. The van der Waals surface area contributed by atoms with Gasteiger partial charge in [-0.2, -0.15) is 0 Å². The van der Waals surface area contributed by atoms with Crippen molar-refractivity contribution in [2.75, 3.05) is 202 Å². The van der Waals surface area contributed by atoms with E-state index in [1.807, 2.05) is 0 Å². The highest BCUT2D eigenvalue weighted by Crippen LogP contribution is 2.18. The van der Waals surface area contributed by atoms with Crippen molar-refractivity contribution in [3.05, 3.63) is 151 Å². The van der Waals surface area contributed by atoms with Gasteiger partial charge in [-0.1, -0.05) is 35.7 Å². The van der Waals surface area contributed by atoms with Crippen LogP contribution >= 0.6 is 35.3 Å². The molecule has 150 heavy (non-hydrogen) atoms. The maximum Gasteiger partial charge on any atom is 0.513 e. The van der Waals surface area contributed by atoms with Gasteiger partial charge in [-0.05, 0) is 107 Å². The summed E-state index contributed by atoms with van der Waals surface area (Å²) in [5.41, 5.74) is 0.496. The highest BCUT2D eigenvalue weighted by Gasteiger charge is 2.30. The number of alkyl carbamates (subject to hydrolysis) is 2. The summed E-state index contributed by atoms with van der Waals surface area (Å²) in [5.74, 6) is -5.37. The topological polar surface area (TPSA) is 1000 Å². The number of carbonyl (C=O) groups excluding carboxylic acids is 12. The molecule has 0 aliphatic rings. The molecule has 0 fully saturated rings. The van der Waals surface area contributed by atoms with E-state index in [4.69, 9.17) is 61.6 Å². The lowest BCUT2D eigenvalue weighted by molar-refractivity contribution is -0.758. The second-order valence-electron chi connectivity index (χ2n) is 26.8. The van der Waals surface area contributed by atoms with E-state index < -0.39 is 155 Å². The van der Waals surface area contributed by atoms with Gasteiger partial charge < -0.3 is 141 Å². The average Bonchev–Trinajstić information content (AvgIpc) is 0.870. The maximum absolute atomic E-state index is 12.7. The van der Waals surface area contributed by atoms with Gasteiger partial charge >= 0.3 is 47.5 Å². The molecule has 4 amide bonds. The van der Waals surface area contributed by atoms with Crippen molar-refractivity contribution in [1.82, 2.24) is 21.3 Å². The first kappa shape index (κ1) is 138. The standard InChI is InChI=1S/C23H32N4O19.C17H28N4O15S.C15H24N4O14S.C15H24N4O13S/c28-21(40-11-5-37-8-14-43-25(31)32)20(24-22(29)41-12-6-38-9-15-44-26(33)34)17-18-1-3-19(4-2-18)46-23(30)42-13-7-39-10-16-45-27(35)36;22-15(31-7-1-4-10-34-19(25)26)14(18-16(23)32-8-2-5-11-35-20(27)28)13-37-17(24)33-9-3-6-12-36-21(29)30;20-13(3-1-5-31-17(23)24)16-12(11-34-14(21)4-2-6-32-18(25)26)15(22)30-9-7-29-8-10-33-19(27)28;20-13(5-3-9-31-18(25)26)16-12(11-33-14(21)6-4-10-32-19(27)28)15(22)29-7-1-2-8-30-17(23)24/h1-4,20H,5-17H2,(H,24,29);14H,1-13H2,(H,18,23);12H,1-11H2,(H,16,20);12H,1-11H2,(H,16,20). The van der Waals surface area contributed by atoms with E-state index in [0.29, 0.717) is 47.3 Å². The molecule has 0 saturated heterocycles. The van der Waals surface area contributed by atoms with Gasteiger partial charge in [-0.25, -0.2) is 38.4 Å². The van der Waals surface area contributed by atoms with E-state index in [9.17, 15) is 179 Å². The zero-order valence-electron chi connectivity index (χ0n) is 79.1. The number of benzene rings is 1. The molecule has 1 rings (SSSR count). The molecule has 852 valence electrons. The third-order valence-corrected chi connectivity index (χ3v) is 18.4. The molecule has 80 heteroatoms. The number of nitrogens with one attached hydrogen (secondary N) is 4. The predicted octanol–water partition coefficient (Wildman–Crippen LogP) is 1.23. The highest BCUT2D eigenvalue weighted by atomic mass is 32.2. The van der Waals surface area contributed by atoms with Crippen molar-refractivity contribution in [2.24, 2.45) is 0 Å². The van der Waals surface area contributed by atoms with Crippen molar-refractivity contribution >= 4 is 105 Å². The van der Waals surface area contributed by atoms with Gasteiger partial charge in [-0.3, -0.25) is 19.2 Å². The quantitative estimate of drug-likeness (QED) is 0.0178. The number of amides is 4. The molecule has 77 nitrogen and oxygen atoms in total. The highest BCUT2D eigenvalue weighted by molar-refractivity contribution is 8.14. The molecular formula is C70H108N16O61S3. The van der Waals surface area contributed by atoms with Crippen molar-refractivity contribution in [2.45, 2.75) is 133 Å². The van der Waals surface area contributed by atoms with Crippen LogP contribution < -0.4 is 26.0 Å². The number of thioether (sulfide) groups is 3. The third-order valence-electron chi connectivity index (χ3n) is 15.5. The molecule has 0 aromatic heterocycles. The van der Waals surface area contributed by atoms with Crippen LogP contribution in [0.2, 0.25) is 0 Å². The average molecular weight is 2250 g/mol. The normalized spacial score (nSPS) is 11.0. The van der Waals surface area contributed by atoms with Crippen LogP contribution in [0.1, 0.15) is 108 Å². The molecule has 0 aliphatic carbocycles. The number of carbonyl (C=O) groups is 12. The number of nitrogens with zero attached hydrogens (tertiary/aromatic N) is 12. The lowest BCUT2D eigenvalue weighted by Gasteiger charge is -2.18. The van der Waals surface area contributed by atoms with Gasteiger partial charge in [0.15, 0.2) is 10.2 Å². The molecule has 4 N–H and O–H groups in total. The van der Waals surface area contributed by atoms with E-state index >= 15 is 0 Å². The van der Waals surface area contributed by atoms with Crippen LogP contribution in [0.15, 0.2) is 24.3 Å². The van der Waals surface area contributed by atoms with Crippen LogP contribution in [0, 0.1) is 121 Å². The summed E-state index contributed by atoms with van der Waals surface area (Å²) in [6.45, 7) is -5.39. The van der Waals surface area contributed by atoms with E-state index in [-0.39, 0.29) is 311 Å². The first-order valence-electron chi connectivity index (χ1n) is 43.2. The van der Waals surface area contributed by atoms with Crippen LogP contribution in [0.3, 0.4) is 0 Å². The van der Waals surface area contributed by atoms with Crippen molar-refractivity contribution in [3.63, 3.8) is 0 Å². The molecule has 0 heterocycles.